The van der Waals surface area contributed by atoms with Crippen molar-refractivity contribution in [2.24, 2.45) is 17.3 Å². The van der Waals surface area contributed by atoms with Gasteiger partial charge in [-0.05, 0) is 68.3 Å². The van der Waals surface area contributed by atoms with Crippen LogP contribution in [0.4, 0.5) is 0 Å². The Kier molecular flexibility index (Phi) is 3.36. The van der Waals surface area contributed by atoms with Crippen LogP contribution < -0.4 is 0 Å². The van der Waals surface area contributed by atoms with E-state index in [4.69, 9.17) is 4.74 Å². The van der Waals surface area contributed by atoms with E-state index in [1.54, 1.807) is 0 Å². The van der Waals surface area contributed by atoms with Crippen LogP contribution in [-0.4, -0.2) is 18.4 Å². The first-order valence-electron chi connectivity index (χ1n) is 8.74. The van der Waals surface area contributed by atoms with Crippen molar-refractivity contribution in [1.29, 1.82) is 0 Å². The highest BCUT2D eigenvalue weighted by molar-refractivity contribution is 5.83. The van der Waals surface area contributed by atoms with Crippen LogP contribution in [0.1, 0.15) is 51.0 Å². The maximum absolute atomic E-state index is 12.8. The van der Waals surface area contributed by atoms with Gasteiger partial charge in [-0.15, -0.1) is 0 Å². The highest BCUT2D eigenvalue weighted by Gasteiger charge is 2.61. The number of carbonyl (C=O) groups is 2. The molecule has 0 spiro atoms. The highest BCUT2D eigenvalue weighted by Crippen LogP contribution is 2.66. The van der Waals surface area contributed by atoms with E-state index in [2.05, 4.69) is 30.3 Å². The van der Waals surface area contributed by atoms with E-state index in [-0.39, 0.29) is 29.2 Å². The van der Waals surface area contributed by atoms with Crippen molar-refractivity contribution in [3.05, 3.63) is 35.9 Å². The second kappa shape index (κ2) is 5.19. The van der Waals surface area contributed by atoms with Gasteiger partial charge in [0.1, 0.15) is 6.61 Å². The van der Waals surface area contributed by atoms with Crippen molar-refractivity contribution in [3.63, 3.8) is 0 Å². The fourth-order valence-electron chi connectivity index (χ4n) is 5.95. The third-order valence-corrected chi connectivity index (χ3v) is 6.29. The molecule has 2 unspecified atom stereocenters. The smallest absolute Gasteiger partial charge is 0.312 e. The fraction of sp³-hybridized carbons (Fsp3) is 0.600. The zero-order valence-corrected chi connectivity index (χ0v) is 13.7. The van der Waals surface area contributed by atoms with Crippen LogP contribution in [0.15, 0.2) is 30.3 Å². The minimum absolute atomic E-state index is 0.0751. The standard InChI is InChI=1S/C20H24O3/c1-14(21)12-23-18(22)20-10-15-7-16(11-20)9-19(8-15,13-20)17-5-3-2-4-6-17/h2-6,15-16H,7-13H2,1H3/t15-,16+,19?,20?. The molecule has 4 atom stereocenters. The van der Waals surface area contributed by atoms with Crippen LogP contribution in [0.5, 0.6) is 0 Å². The van der Waals surface area contributed by atoms with E-state index in [1.165, 1.54) is 31.7 Å². The maximum atomic E-state index is 12.8. The van der Waals surface area contributed by atoms with Crippen molar-refractivity contribution >= 4 is 11.8 Å². The van der Waals surface area contributed by atoms with Gasteiger partial charge in [0.2, 0.25) is 0 Å². The SMILES string of the molecule is CC(=O)COC(=O)C12C[C@H]3C[C@@H](C1)CC(c1ccccc1)(C3)C2. The Labute approximate surface area is 137 Å². The number of rotatable bonds is 4. The number of Topliss-reactive ketones (excluding diaryl/α,β-unsaturated/α-hetero) is 1. The molecular formula is C20H24O3. The Morgan fingerprint density at radius 3 is 2.35 bits per heavy atom. The summed E-state index contributed by atoms with van der Waals surface area (Å²) in [6, 6.07) is 10.7. The van der Waals surface area contributed by atoms with E-state index in [0.29, 0.717) is 11.8 Å². The molecule has 0 aromatic heterocycles. The lowest BCUT2D eigenvalue weighted by Crippen LogP contribution is -2.57. The molecule has 1 aromatic rings. The minimum atomic E-state index is -0.352. The summed E-state index contributed by atoms with van der Waals surface area (Å²) in [7, 11) is 0. The van der Waals surface area contributed by atoms with Crippen LogP contribution >= 0.6 is 0 Å². The lowest BCUT2D eigenvalue weighted by molar-refractivity contribution is -0.175. The Balaban J connectivity index is 1.66. The van der Waals surface area contributed by atoms with E-state index < -0.39 is 0 Å². The molecule has 3 nitrogen and oxygen atoms in total. The first-order valence-corrected chi connectivity index (χ1v) is 8.74. The normalized spacial score (nSPS) is 37.6. The van der Waals surface area contributed by atoms with Crippen LogP contribution in [0.25, 0.3) is 0 Å². The number of hydrogen-bond acceptors (Lipinski definition) is 3. The summed E-state index contributed by atoms with van der Waals surface area (Å²) in [5.41, 5.74) is 1.17. The molecule has 4 aliphatic rings. The maximum Gasteiger partial charge on any atom is 0.312 e. The molecule has 4 bridgehead atoms. The Hall–Kier alpha value is -1.64. The van der Waals surface area contributed by atoms with Crippen molar-refractivity contribution in [1.82, 2.24) is 0 Å². The number of benzene rings is 1. The van der Waals surface area contributed by atoms with Crippen LogP contribution in [-0.2, 0) is 19.7 Å². The molecule has 4 fully saturated rings. The fourth-order valence-corrected chi connectivity index (χ4v) is 5.95. The first kappa shape index (κ1) is 14.9. The summed E-state index contributed by atoms with van der Waals surface area (Å²) in [5, 5.41) is 0. The minimum Gasteiger partial charge on any atom is -0.457 e. The first-order chi connectivity index (χ1) is 11.0. The predicted octanol–water partition coefficient (Wildman–Crippen LogP) is 3.66. The molecular weight excluding hydrogens is 288 g/mol. The number of hydrogen-bond donors (Lipinski definition) is 0. The molecule has 0 amide bonds. The summed E-state index contributed by atoms with van der Waals surface area (Å²) < 4.78 is 5.38. The van der Waals surface area contributed by atoms with Crippen LogP contribution in [0, 0.1) is 17.3 Å². The molecule has 4 saturated carbocycles. The van der Waals surface area contributed by atoms with Gasteiger partial charge in [0, 0.05) is 0 Å². The molecule has 23 heavy (non-hydrogen) atoms. The molecule has 0 N–H and O–H groups in total. The zero-order chi connectivity index (χ0) is 16.1. The molecule has 5 rings (SSSR count). The topological polar surface area (TPSA) is 43.4 Å². The molecule has 1 aromatic carbocycles. The molecule has 0 saturated heterocycles. The summed E-state index contributed by atoms with van der Waals surface area (Å²) in [5.74, 6) is 1.05. The van der Waals surface area contributed by atoms with Crippen molar-refractivity contribution in [2.75, 3.05) is 6.61 Å². The summed E-state index contributed by atoms with van der Waals surface area (Å²) in [6.07, 6.45) is 6.47. The van der Waals surface area contributed by atoms with E-state index in [0.717, 1.165) is 19.3 Å². The van der Waals surface area contributed by atoms with E-state index >= 15 is 0 Å². The largest absolute Gasteiger partial charge is 0.457 e. The lowest BCUT2D eigenvalue weighted by atomic mass is 9.43. The van der Waals surface area contributed by atoms with Crippen molar-refractivity contribution in [2.45, 2.75) is 50.9 Å². The van der Waals surface area contributed by atoms with Gasteiger partial charge in [-0.2, -0.15) is 0 Å². The van der Waals surface area contributed by atoms with Gasteiger partial charge >= 0.3 is 5.97 Å². The van der Waals surface area contributed by atoms with Gasteiger partial charge in [-0.3, -0.25) is 9.59 Å². The molecule has 122 valence electrons. The van der Waals surface area contributed by atoms with Gasteiger partial charge in [0.25, 0.3) is 0 Å². The van der Waals surface area contributed by atoms with Crippen LogP contribution in [0.2, 0.25) is 0 Å². The quantitative estimate of drug-likeness (QED) is 0.797. The third-order valence-electron chi connectivity index (χ3n) is 6.29. The van der Waals surface area contributed by atoms with Gasteiger partial charge in [0.05, 0.1) is 5.41 Å². The summed E-state index contributed by atoms with van der Waals surface area (Å²) >= 11 is 0. The zero-order valence-electron chi connectivity index (χ0n) is 13.7. The van der Waals surface area contributed by atoms with Crippen molar-refractivity contribution in [3.8, 4) is 0 Å². The van der Waals surface area contributed by atoms with Gasteiger partial charge in [-0.1, -0.05) is 30.3 Å². The van der Waals surface area contributed by atoms with Crippen LogP contribution in [0.3, 0.4) is 0 Å². The molecule has 3 heteroatoms. The molecule has 0 heterocycles. The number of ketones is 1. The lowest BCUT2D eigenvalue weighted by Gasteiger charge is -2.61. The van der Waals surface area contributed by atoms with Gasteiger partial charge in [-0.25, -0.2) is 0 Å². The van der Waals surface area contributed by atoms with Crippen molar-refractivity contribution < 1.29 is 14.3 Å². The second-order valence-corrected chi connectivity index (χ2v) is 8.17. The van der Waals surface area contributed by atoms with Gasteiger partial charge in [0.15, 0.2) is 5.78 Å². The molecule has 0 radical (unpaired) electrons. The number of carbonyl (C=O) groups excluding carboxylic acids is 2. The van der Waals surface area contributed by atoms with E-state index in [1.807, 2.05) is 0 Å². The third kappa shape index (κ3) is 2.41. The predicted molar refractivity (Wildman–Crippen MR) is 86.9 cm³/mol. The number of esters is 1. The Bertz CT molecular complexity index is 620. The average Bonchev–Trinajstić information content (AvgIpc) is 2.52. The second-order valence-electron chi connectivity index (χ2n) is 8.17. The monoisotopic (exact) mass is 312 g/mol. The summed E-state index contributed by atoms with van der Waals surface area (Å²) in [4.78, 5) is 24.0. The number of ether oxygens (including phenoxy) is 1. The summed E-state index contributed by atoms with van der Waals surface area (Å²) in [6.45, 7) is 1.40. The molecule has 0 aliphatic heterocycles. The Morgan fingerprint density at radius 1 is 1.09 bits per heavy atom. The van der Waals surface area contributed by atoms with Gasteiger partial charge < -0.3 is 4.74 Å². The molecule has 4 aliphatic carbocycles. The average molecular weight is 312 g/mol. The Morgan fingerprint density at radius 2 is 1.74 bits per heavy atom. The highest BCUT2D eigenvalue weighted by atomic mass is 16.5. The van der Waals surface area contributed by atoms with E-state index in [9.17, 15) is 9.59 Å².